The lowest BCUT2D eigenvalue weighted by atomic mass is 10.0. The Morgan fingerprint density at radius 2 is 1.79 bits per heavy atom. The third kappa shape index (κ3) is 4.71. The van der Waals surface area contributed by atoms with Crippen LogP contribution in [-0.2, 0) is 17.8 Å². The van der Waals surface area contributed by atoms with Gasteiger partial charge in [-0.3, -0.25) is 4.79 Å². The fourth-order valence-electron chi connectivity index (χ4n) is 4.14. The van der Waals surface area contributed by atoms with Crippen LogP contribution >= 0.6 is 11.8 Å². The van der Waals surface area contributed by atoms with Gasteiger partial charge in [-0.1, -0.05) is 66.4 Å². The van der Waals surface area contributed by atoms with Gasteiger partial charge in [-0.05, 0) is 54.7 Å². The molecule has 3 aromatic carbocycles. The Morgan fingerprint density at radius 1 is 1.00 bits per heavy atom. The topological polar surface area (TPSA) is 58.1 Å². The molecule has 0 atom stereocenters. The van der Waals surface area contributed by atoms with Crippen LogP contribution in [0.25, 0.3) is 10.9 Å². The standard InChI is InChI=1S/C27H26N4OS/c1-18-11-12-19(2)24(15-18)28-25(32)17-33-26-22-9-5-6-10-23(22)29-27(30-26)31-14-13-20-7-3-4-8-21(20)16-31/h3-12,15H,13-14,16-17H2,1-2H3,(H,28,32). The number of carbonyl (C=O) groups is 1. The van der Waals surface area contributed by atoms with Gasteiger partial charge in [0, 0.05) is 24.2 Å². The SMILES string of the molecule is Cc1ccc(C)c(NC(=O)CSc2nc(N3CCc4ccccc4C3)nc3ccccc23)c1. The normalized spacial score (nSPS) is 13.1. The molecular weight excluding hydrogens is 428 g/mol. The lowest BCUT2D eigenvalue weighted by molar-refractivity contribution is -0.113. The second kappa shape index (κ2) is 9.24. The Balaban J connectivity index is 1.37. The van der Waals surface area contributed by atoms with Crippen LogP contribution in [0.4, 0.5) is 11.6 Å². The molecule has 0 saturated carbocycles. The molecule has 1 aromatic heterocycles. The van der Waals surface area contributed by atoms with E-state index in [1.165, 1.54) is 22.9 Å². The average molecular weight is 455 g/mol. The van der Waals surface area contributed by atoms with E-state index in [9.17, 15) is 4.79 Å². The number of thioether (sulfide) groups is 1. The highest BCUT2D eigenvalue weighted by Crippen LogP contribution is 2.30. The summed E-state index contributed by atoms with van der Waals surface area (Å²) in [7, 11) is 0. The van der Waals surface area contributed by atoms with E-state index >= 15 is 0 Å². The van der Waals surface area contributed by atoms with Crippen molar-refractivity contribution in [1.82, 2.24) is 9.97 Å². The molecule has 0 aliphatic carbocycles. The van der Waals surface area contributed by atoms with Crippen LogP contribution in [0.15, 0.2) is 71.8 Å². The van der Waals surface area contributed by atoms with E-state index in [2.05, 4.69) is 34.5 Å². The zero-order chi connectivity index (χ0) is 22.8. The number of aromatic nitrogens is 2. The second-order valence-corrected chi connectivity index (χ2v) is 9.41. The van der Waals surface area contributed by atoms with Crippen LogP contribution in [0.3, 0.4) is 0 Å². The number of fused-ring (bicyclic) bond motifs is 2. The van der Waals surface area contributed by atoms with E-state index in [0.717, 1.165) is 58.2 Å². The predicted molar refractivity (Wildman–Crippen MR) is 136 cm³/mol. The van der Waals surface area contributed by atoms with Crippen molar-refractivity contribution >= 4 is 40.2 Å². The molecule has 6 heteroatoms. The van der Waals surface area contributed by atoms with Crippen LogP contribution in [0, 0.1) is 13.8 Å². The summed E-state index contributed by atoms with van der Waals surface area (Å²) in [4.78, 5) is 24.7. The molecule has 1 aliphatic heterocycles. The lowest BCUT2D eigenvalue weighted by Gasteiger charge is -2.29. The van der Waals surface area contributed by atoms with E-state index < -0.39 is 0 Å². The van der Waals surface area contributed by atoms with Crippen molar-refractivity contribution in [3.8, 4) is 0 Å². The molecule has 33 heavy (non-hydrogen) atoms. The van der Waals surface area contributed by atoms with Crippen molar-refractivity contribution in [3.05, 3.63) is 89.0 Å². The minimum atomic E-state index is -0.0372. The maximum absolute atomic E-state index is 12.7. The van der Waals surface area contributed by atoms with E-state index in [-0.39, 0.29) is 11.7 Å². The maximum Gasteiger partial charge on any atom is 0.234 e. The van der Waals surface area contributed by atoms with Crippen LogP contribution in [0.5, 0.6) is 0 Å². The molecule has 1 amide bonds. The summed E-state index contributed by atoms with van der Waals surface area (Å²) in [5.41, 5.74) is 6.66. The Labute approximate surface area is 198 Å². The van der Waals surface area contributed by atoms with Gasteiger partial charge in [-0.25, -0.2) is 9.97 Å². The number of amides is 1. The molecule has 2 heterocycles. The summed E-state index contributed by atoms with van der Waals surface area (Å²) in [6.07, 6.45) is 0.979. The van der Waals surface area contributed by atoms with Crippen LogP contribution in [-0.4, -0.2) is 28.2 Å². The maximum atomic E-state index is 12.7. The number of nitrogens with one attached hydrogen (secondary N) is 1. The first kappa shape index (κ1) is 21.5. The first-order valence-corrected chi connectivity index (χ1v) is 12.1. The van der Waals surface area contributed by atoms with Crippen molar-refractivity contribution < 1.29 is 4.79 Å². The number of hydrogen-bond donors (Lipinski definition) is 1. The molecule has 166 valence electrons. The molecule has 0 bridgehead atoms. The van der Waals surface area contributed by atoms with Gasteiger partial charge < -0.3 is 10.2 Å². The summed E-state index contributed by atoms with van der Waals surface area (Å²) in [5.74, 6) is 0.974. The number of rotatable bonds is 5. The van der Waals surface area contributed by atoms with E-state index in [4.69, 9.17) is 9.97 Å². The molecule has 0 fully saturated rings. The van der Waals surface area contributed by atoms with Crippen molar-refractivity contribution in [2.75, 3.05) is 22.5 Å². The van der Waals surface area contributed by atoms with Crippen LogP contribution in [0.1, 0.15) is 22.3 Å². The van der Waals surface area contributed by atoms with Crippen LogP contribution in [0.2, 0.25) is 0 Å². The van der Waals surface area contributed by atoms with E-state index in [1.807, 2.05) is 56.3 Å². The number of hydrogen-bond acceptors (Lipinski definition) is 5. The van der Waals surface area contributed by atoms with Crippen molar-refractivity contribution in [2.45, 2.75) is 31.8 Å². The number of benzene rings is 3. The number of anilines is 2. The second-order valence-electron chi connectivity index (χ2n) is 8.44. The molecule has 1 N–H and O–H groups in total. The average Bonchev–Trinajstić information content (AvgIpc) is 2.84. The van der Waals surface area contributed by atoms with Gasteiger partial charge >= 0.3 is 0 Å². The first-order chi connectivity index (χ1) is 16.1. The molecule has 5 rings (SSSR count). The molecule has 0 radical (unpaired) electrons. The van der Waals surface area contributed by atoms with Gasteiger partial charge in [0.1, 0.15) is 5.03 Å². The summed E-state index contributed by atoms with van der Waals surface area (Å²) in [6, 6.07) is 22.7. The molecule has 1 aliphatic rings. The van der Waals surface area contributed by atoms with Crippen molar-refractivity contribution in [2.24, 2.45) is 0 Å². The van der Waals surface area contributed by atoms with Crippen molar-refractivity contribution in [3.63, 3.8) is 0 Å². The van der Waals surface area contributed by atoms with Crippen LogP contribution < -0.4 is 10.2 Å². The van der Waals surface area contributed by atoms with Gasteiger partial charge in [0.05, 0.1) is 11.3 Å². The zero-order valence-corrected chi connectivity index (χ0v) is 19.7. The van der Waals surface area contributed by atoms with Gasteiger partial charge in [-0.2, -0.15) is 0 Å². The number of aryl methyl sites for hydroxylation is 2. The highest BCUT2D eigenvalue weighted by atomic mass is 32.2. The highest BCUT2D eigenvalue weighted by molar-refractivity contribution is 8.00. The monoisotopic (exact) mass is 454 g/mol. The number of para-hydroxylation sites is 1. The summed E-state index contributed by atoms with van der Waals surface area (Å²) >= 11 is 1.46. The summed E-state index contributed by atoms with van der Waals surface area (Å²) in [5, 5.41) is 4.86. The summed E-state index contributed by atoms with van der Waals surface area (Å²) < 4.78 is 0. The quantitative estimate of drug-likeness (QED) is 0.317. The third-order valence-corrected chi connectivity index (χ3v) is 6.97. The molecule has 0 spiro atoms. The highest BCUT2D eigenvalue weighted by Gasteiger charge is 2.20. The predicted octanol–water partition coefficient (Wildman–Crippen LogP) is 5.54. The van der Waals surface area contributed by atoms with Gasteiger partial charge in [0.25, 0.3) is 0 Å². The summed E-state index contributed by atoms with van der Waals surface area (Å²) in [6.45, 7) is 5.71. The zero-order valence-electron chi connectivity index (χ0n) is 18.8. The fourth-order valence-corrected chi connectivity index (χ4v) is 4.96. The Bertz CT molecular complexity index is 1340. The minimum absolute atomic E-state index is 0.0372. The Hall–Kier alpha value is -3.38. The molecule has 5 nitrogen and oxygen atoms in total. The Kier molecular flexibility index (Phi) is 6.01. The minimum Gasteiger partial charge on any atom is -0.336 e. The lowest BCUT2D eigenvalue weighted by Crippen LogP contribution is -2.31. The third-order valence-electron chi connectivity index (χ3n) is 5.98. The number of carbonyl (C=O) groups excluding carboxylic acids is 1. The van der Waals surface area contributed by atoms with E-state index in [0.29, 0.717) is 0 Å². The fraction of sp³-hybridized carbons (Fsp3) is 0.222. The number of nitrogens with zero attached hydrogens (tertiary/aromatic N) is 3. The van der Waals surface area contributed by atoms with Gasteiger partial charge in [0.15, 0.2) is 0 Å². The smallest absolute Gasteiger partial charge is 0.234 e. The van der Waals surface area contributed by atoms with Gasteiger partial charge in [0.2, 0.25) is 11.9 Å². The first-order valence-electron chi connectivity index (χ1n) is 11.2. The molecule has 0 unspecified atom stereocenters. The molecular formula is C27H26N4OS. The van der Waals surface area contributed by atoms with E-state index in [1.54, 1.807) is 0 Å². The largest absolute Gasteiger partial charge is 0.336 e. The molecule has 4 aromatic rings. The molecule has 0 saturated heterocycles. The van der Waals surface area contributed by atoms with Crippen molar-refractivity contribution in [1.29, 1.82) is 0 Å². The van der Waals surface area contributed by atoms with Gasteiger partial charge in [-0.15, -0.1) is 0 Å². The Morgan fingerprint density at radius 3 is 2.67 bits per heavy atom.